The predicted octanol–water partition coefficient (Wildman–Crippen LogP) is 1.34. The van der Waals surface area contributed by atoms with Crippen molar-refractivity contribution in [3.63, 3.8) is 0 Å². The minimum atomic E-state index is -1.80. The van der Waals surface area contributed by atoms with Gasteiger partial charge in [-0.3, -0.25) is 9.59 Å². The summed E-state index contributed by atoms with van der Waals surface area (Å²) >= 11 is 0. The van der Waals surface area contributed by atoms with Crippen LogP contribution in [0.3, 0.4) is 0 Å². The second-order valence-electron chi connectivity index (χ2n) is 6.93. The lowest BCUT2D eigenvalue weighted by atomic mass is 10.0. The van der Waals surface area contributed by atoms with Gasteiger partial charge in [0.2, 0.25) is 0 Å². The molecular weight excluding hydrogens is 340 g/mol. The number of carbonyl (C=O) groups is 2. The molecule has 4 N–H and O–H groups in total. The maximum absolute atomic E-state index is 12.0. The van der Waals surface area contributed by atoms with Crippen LogP contribution in [0.2, 0.25) is 0 Å². The Hall–Kier alpha value is -1.02. The smallest absolute Gasteiger partial charge is 0.309 e. The van der Waals surface area contributed by atoms with Gasteiger partial charge in [-0.15, -0.1) is 0 Å². The van der Waals surface area contributed by atoms with E-state index in [1.165, 1.54) is 32.1 Å². The second kappa shape index (κ2) is 15.1. The summed E-state index contributed by atoms with van der Waals surface area (Å²) < 4.78 is 4.95. The van der Waals surface area contributed by atoms with Crippen LogP contribution in [0.5, 0.6) is 0 Å². The number of aliphatic hydroxyl groups excluding tert-OH is 4. The van der Waals surface area contributed by atoms with Crippen molar-refractivity contribution in [2.75, 3.05) is 6.61 Å². The highest BCUT2D eigenvalue weighted by molar-refractivity contribution is 5.74. The standard InChI is InChI=1S/C19H36O7/c1-3-4-5-6-7-8-9-10-11-14(2)19(25)26-16(13-21)18(24)17(23)15(22)12-20/h13-18,20,22-24H,3-12H2,1-2H3/t14?,15-,16+,17-,18-/m1/s1. The molecule has 0 aromatic rings. The van der Waals surface area contributed by atoms with Gasteiger partial charge in [0.25, 0.3) is 0 Å². The van der Waals surface area contributed by atoms with E-state index in [0.717, 1.165) is 19.3 Å². The molecule has 0 aliphatic heterocycles. The van der Waals surface area contributed by atoms with Crippen molar-refractivity contribution in [2.45, 2.75) is 96.1 Å². The summed E-state index contributed by atoms with van der Waals surface area (Å²) in [6, 6.07) is 0. The van der Waals surface area contributed by atoms with E-state index < -0.39 is 42.9 Å². The average molecular weight is 376 g/mol. The fourth-order valence-electron chi connectivity index (χ4n) is 2.66. The Labute approximate surface area is 156 Å². The molecule has 0 spiro atoms. The number of hydrogen-bond acceptors (Lipinski definition) is 7. The monoisotopic (exact) mass is 376 g/mol. The third-order valence-electron chi connectivity index (χ3n) is 4.55. The first-order chi connectivity index (χ1) is 12.4. The van der Waals surface area contributed by atoms with Gasteiger partial charge in [0.15, 0.2) is 12.4 Å². The maximum atomic E-state index is 12.0. The molecule has 0 aromatic carbocycles. The van der Waals surface area contributed by atoms with Gasteiger partial charge in [0.05, 0.1) is 12.5 Å². The van der Waals surface area contributed by atoms with E-state index in [1.54, 1.807) is 6.92 Å². The molecule has 0 fully saturated rings. The highest BCUT2D eigenvalue weighted by Gasteiger charge is 2.34. The van der Waals surface area contributed by atoms with Crippen molar-refractivity contribution in [3.8, 4) is 0 Å². The fourth-order valence-corrected chi connectivity index (χ4v) is 2.66. The number of ether oxygens (including phenoxy) is 1. The van der Waals surface area contributed by atoms with Crippen molar-refractivity contribution >= 4 is 12.3 Å². The SMILES string of the molecule is CCCCCCCCCCC(C)C(=O)O[C@@H](C=O)[C@@H](O)[C@H](O)[C@H](O)CO. The van der Waals surface area contributed by atoms with Gasteiger partial charge in [-0.05, 0) is 6.42 Å². The van der Waals surface area contributed by atoms with Crippen molar-refractivity contribution < 1.29 is 34.8 Å². The van der Waals surface area contributed by atoms with E-state index in [2.05, 4.69) is 6.92 Å². The largest absolute Gasteiger partial charge is 0.452 e. The first-order valence-electron chi connectivity index (χ1n) is 9.69. The highest BCUT2D eigenvalue weighted by atomic mass is 16.6. The van der Waals surface area contributed by atoms with Gasteiger partial charge in [0.1, 0.15) is 18.3 Å². The lowest BCUT2D eigenvalue weighted by Gasteiger charge is -2.26. The molecule has 0 bridgehead atoms. The molecular formula is C19H36O7. The van der Waals surface area contributed by atoms with Crippen molar-refractivity contribution in [2.24, 2.45) is 5.92 Å². The van der Waals surface area contributed by atoms with Gasteiger partial charge in [-0.25, -0.2) is 0 Å². The first kappa shape index (κ1) is 25.0. The Morgan fingerprint density at radius 2 is 1.50 bits per heavy atom. The minimum absolute atomic E-state index is 0.207. The Balaban J connectivity index is 4.12. The molecule has 1 unspecified atom stereocenters. The van der Waals surface area contributed by atoms with Gasteiger partial charge in [0, 0.05) is 0 Å². The van der Waals surface area contributed by atoms with E-state index in [-0.39, 0.29) is 6.29 Å². The molecule has 0 radical (unpaired) electrons. The summed E-state index contributed by atoms with van der Waals surface area (Å²) in [6.45, 7) is 3.09. The van der Waals surface area contributed by atoms with Crippen LogP contribution in [0.15, 0.2) is 0 Å². The highest BCUT2D eigenvalue weighted by Crippen LogP contribution is 2.16. The first-order valence-corrected chi connectivity index (χ1v) is 9.69. The Bertz CT molecular complexity index is 375. The molecule has 0 amide bonds. The van der Waals surface area contributed by atoms with E-state index >= 15 is 0 Å². The number of esters is 1. The van der Waals surface area contributed by atoms with Gasteiger partial charge >= 0.3 is 5.97 Å². The van der Waals surface area contributed by atoms with Crippen LogP contribution in [0, 0.1) is 5.92 Å². The normalized spacial score (nSPS) is 17.2. The topological polar surface area (TPSA) is 124 Å². The average Bonchev–Trinajstić information content (AvgIpc) is 2.65. The zero-order valence-corrected chi connectivity index (χ0v) is 16.0. The molecule has 7 heteroatoms. The Morgan fingerprint density at radius 3 is 2.00 bits per heavy atom. The quantitative estimate of drug-likeness (QED) is 0.182. The maximum Gasteiger partial charge on any atom is 0.309 e. The summed E-state index contributed by atoms with van der Waals surface area (Å²) in [5.41, 5.74) is 0. The van der Waals surface area contributed by atoms with Gasteiger partial charge in [-0.2, -0.15) is 0 Å². The summed E-state index contributed by atoms with van der Waals surface area (Å²) in [5.74, 6) is -1.06. The lowest BCUT2D eigenvalue weighted by molar-refractivity contribution is -0.171. The van der Waals surface area contributed by atoms with Crippen LogP contribution in [-0.4, -0.2) is 63.7 Å². The summed E-state index contributed by atoms with van der Waals surface area (Å²) in [7, 11) is 0. The molecule has 0 aliphatic rings. The summed E-state index contributed by atoms with van der Waals surface area (Å²) in [6.07, 6.45) is 3.29. The molecule has 0 saturated heterocycles. The third kappa shape index (κ3) is 10.2. The van der Waals surface area contributed by atoms with E-state index in [9.17, 15) is 24.9 Å². The molecule has 0 saturated carbocycles. The molecule has 154 valence electrons. The Kier molecular flexibility index (Phi) is 14.5. The molecule has 7 nitrogen and oxygen atoms in total. The fraction of sp³-hybridized carbons (Fsp3) is 0.895. The van der Waals surface area contributed by atoms with E-state index in [0.29, 0.717) is 6.42 Å². The predicted molar refractivity (Wildman–Crippen MR) is 97.4 cm³/mol. The lowest BCUT2D eigenvalue weighted by Crippen LogP contribution is -2.48. The van der Waals surface area contributed by atoms with Crippen molar-refractivity contribution in [1.29, 1.82) is 0 Å². The van der Waals surface area contributed by atoms with Crippen LogP contribution in [0.4, 0.5) is 0 Å². The van der Waals surface area contributed by atoms with E-state index in [4.69, 9.17) is 9.84 Å². The summed E-state index contributed by atoms with van der Waals surface area (Å²) in [5, 5.41) is 37.5. The van der Waals surface area contributed by atoms with Crippen LogP contribution in [0.1, 0.15) is 71.6 Å². The molecule has 0 heterocycles. The van der Waals surface area contributed by atoms with Crippen molar-refractivity contribution in [3.05, 3.63) is 0 Å². The minimum Gasteiger partial charge on any atom is -0.452 e. The molecule has 26 heavy (non-hydrogen) atoms. The zero-order valence-electron chi connectivity index (χ0n) is 16.0. The number of unbranched alkanes of at least 4 members (excludes halogenated alkanes) is 7. The number of hydrogen-bond donors (Lipinski definition) is 4. The number of carbonyl (C=O) groups excluding carboxylic acids is 2. The molecule has 0 aromatic heterocycles. The van der Waals surface area contributed by atoms with Gasteiger partial charge < -0.3 is 25.2 Å². The molecule has 0 aliphatic carbocycles. The van der Waals surface area contributed by atoms with Crippen LogP contribution >= 0.6 is 0 Å². The van der Waals surface area contributed by atoms with Crippen LogP contribution in [0.25, 0.3) is 0 Å². The zero-order chi connectivity index (χ0) is 19.9. The van der Waals surface area contributed by atoms with Crippen LogP contribution in [-0.2, 0) is 14.3 Å². The second-order valence-corrected chi connectivity index (χ2v) is 6.93. The molecule has 5 atom stereocenters. The Morgan fingerprint density at radius 1 is 0.962 bits per heavy atom. The third-order valence-corrected chi connectivity index (χ3v) is 4.55. The van der Waals surface area contributed by atoms with Gasteiger partial charge in [-0.1, -0.05) is 65.2 Å². The van der Waals surface area contributed by atoms with Crippen molar-refractivity contribution in [1.82, 2.24) is 0 Å². The number of aldehydes is 1. The number of rotatable bonds is 16. The molecule has 0 rings (SSSR count). The summed E-state index contributed by atoms with van der Waals surface area (Å²) in [4.78, 5) is 23.1. The van der Waals surface area contributed by atoms with E-state index in [1.807, 2.05) is 0 Å². The number of aliphatic hydroxyl groups is 4. The van der Waals surface area contributed by atoms with Crippen LogP contribution < -0.4 is 0 Å².